The van der Waals surface area contributed by atoms with E-state index in [9.17, 15) is 24.3 Å². The van der Waals surface area contributed by atoms with Gasteiger partial charge in [0.2, 0.25) is 11.8 Å². The maximum absolute atomic E-state index is 13.5. The van der Waals surface area contributed by atoms with Crippen LogP contribution in [0.4, 0.5) is 5.69 Å². The molecule has 10 heteroatoms. The van der Waals surface area contributed by atoms with E-state index in [1.165, 1.54) is 18.3 Å². The third kappa shape index (κ3) is 3.19. The molecule has 1 aromatic heterocycles. The van der Waals surface area contributed by atoms with Gasteiger partial charge in [0.15, 0.2) is 0 Å². The van der Waals surface area contributed by atoms with E-state index in [0.717, 1.165) is 45.6 Å². The van der Waals surface area contributed by atoms with E-state index in [1.54, 1.807) is 11.8 Å². The van der Waals surface area contributed by atoms with Crippen LogP contribution in [0.1, 0.15) is 43.6 Å². The summed E-state index contributed by atoms with van der Waals surface area (Å²) in [6, 6.07) is 7.38. The van der Waals surface area contributed by atoms with Crippen molar-refractivity contribution in [1.82, 2.24) is 9.88 Å². The highest BCUT2D eigenvalue weighted by Gasteiger charge is 2.70. The zero-order valence-electron chi connectivity index (χ0n) is 20.3. The zero-order chi connectivity index (χ0) is 25.5. The van der Waals surface area contributed by atoms with Gasteiger partial charge in [-0.05, 0) is 62.6 Å². The Hall–Kier alpha value is -2.59. The SMILES string of the molecule is CCN(CC)c1ccc([C@@H]2c3sc(=O)[nH]c3S[C@@H]3[C@H]4C[C@@H]([C@@H]5C(=O)N([C@H](C)C(=O)O)C(=O)[C@@H]45)[C@H]23)cc1. The standard InChI is InChI=1S/C26H29N3O5S2/c1-4-28(5-2)13-8-6-12(7-9-13)16-17-14-10-15(20(17)35-22-21(16)36-26(34)27-22)19-18(14)23(30)29(24(19)31)11(3)25(32)33/h6-9,11,14-20H,4-5,10H2,1-3H3,(H,27,34)(H,32,33)/t11-,14-,15+,16+,17-,18+,19+,20-/m1/s1. The van der Waals surface area contributed by atoms with Crippen LogP contribution in [0, 0.1) is 29.6 Å². The number of aromatic nitrogens is 1. The first-order chi connectivity index (χ1) is 17.3. The van der Waals surface area contributed by atoms with Crippen molar-refractivity contribution in [1.29, 1.82) is 0 Å². The molecule has 8 nitrogen and oxygen atoms in total. The molecule has 2 aliphatic heterocycles. The van der Waals surface area contributed by atoms with Gasteiger partial charge in [-0.3, -0.25) is 19.3 Å². The number of thiazole rings is 1. The predicted molar refractivity (Wildman–Crippen MR) is 137 cm³/mol. The Bertz CT molecular complexity index is 1300. The highest BCUT2D eigenvalue weighted by molar-refractivity contribution is 8.00. The number of hydrogen-bond acceptors (Lipinski definition) is 7. The third-order valence-corrected chi connectivity index (χ3v) is 11.5. The van der Waals surface area contributed by atoms with Crippen LogP contribution in [0.3, 0.4) is 0 Å². The monoisotopic (exact) mass is 527 g/mol. The number of hydrogen-bond donors (Lipinski definition) is 2. The predicted octanol–water partition coefficient (Wildman–Crippen LogP) is 3.23. The number of thioether (sulfide) groups is 1. The average molecular weight is 528 g/mol. The lowest BCUT2D eigenvalue weighted by molar-refractivity contribution is -0.154. The molecule has 8 atom stereocenters. The number of carboxylic acids is 1. The summed E-state index contributed by atoms with van der Waals surface area (Å²) in [5.74, 6) is -2.72. The average Bonchev–Trinajstić information content (AvgIpc) is 3.58. The van der Waals surface area contributed by atoms with Crippen LogP contribution in [0.15, 0.2) is 34.1 Å². The molecular formula is C26H29N3O5S2. The Kier molecular flexibility index (Phi) is 5.60. The first kappa shape index (κ1) is 23.8. The van der Waals surface area contributed by atoms with Crippen LogP contribution in [0.2, 0.25) is 0 Å². The first-order valence-electron chi connectivity index (χ1n) is 12.6. The molecule has 0 spiro atoms. The van der Waals surface area contributed by atoms with Crippen LogP contribution in [-0.2, 0) is 14.4 Å². The van der Waals surface area contributed by atoms with Crippen LogP contribution in [0.5, 0.6) is 0 Å². The molecule has 190 valence electrons. The summed E-state index contributed by atoms with van der Waals surface area (Å²) in [5.41, 5.74) is 2.27. The number of aliphatic carboxylic acids is 1. The molecule has 1 saturated heterocycles. The molecule has 0 radical (unpaired) electrons. The number of likely N-dealkylation sites (tertiary alicyclic amines) is 1. The first-order valence-corrected chi connectivity index (χ1v) is 14.3. The number of aromatic amines is 1. The number of anilines is 1. The summed E-state index contributed by atoms with van der Waals surface area (Å²) >= 11 is 2.88. The van der Waals surface area contributed by atoms with Crippen LogP contribution >= 0.6 is 23.1 Å². The molecule has 2 aromatic rings. The van der Waals surface area contributed by atoms with Crippen molar-refractivity contribution in [2.75, 3.05) is 18.0 Å². The van der Waals surface area contributed by atoms with Crippen molar-refractivity contribution in [2.45, 2.75) is 49.4 Å². The number of benzene rings is 1. The number of rotatable bonds is 6. The lowest BCUT2D eigenvalue weighted by Crippen LogP contribution is -2.44. The second kappa shape index (κ2) is 8.48. The van der Waals surface area contributed by atoms with Crippen molar-refractivity contribution < 1.29 is 19.5 Å². The van der Waals surface area contributed by atoms with Crippen molar-refractivity contribution in [3.05, 3.63) is 44.4 Å². The molecule has 2 amide bonds. The van der Waals surface area contributed by atoms with Gasteiger partial charge in [-0.1, -0.05) is 23.5 Å². The van der Waals surface area contributed by atoms with Gasteiger partial charge >= 0.3 is 10.8 Å². The quantitative estimate of drug-likeness (QED) is 0.555. The highest BCUT2D eigenvalue weighted by atomic mass is 32.2. The fourth-order valence-corrected chi connectivity index (χ4v) is 10.3. The molecule has 36 heavy (non-hydrogen) atoms. The Morgan fingerprint density at radius 1 is 1.11 bits per heavy atom. The Balaban J connectivity index is 1.41. The number of amides is 2. The van der Waals surface area contributed by atoms with Crippen LogP contribution in [-0.4, -0.2) is 57.2 Å². The van der Waals surface area contributed by atoms with Gasteiger partial charge in [0.1, 0.15) is 6.04 Å². The fraction of sp³-hybridized carbons (Fsp3) is 0.538. The number of carbonyl (C=O) groups is 3. The molecule has 0 unspecified atom stereocenters. The summed E-state index contributed by atoms with van der Waals surface area (Å²) in [5, 5.41) is 10.5. The molecular weight excluding hydrogens is 498 g/mol. The number of nitrogens with one attached hydrogen (secondary N) is 1. The van der Waals surface area contributed by atoms with Crippen LogP contribution < -0.4 is 9.77 Å². The van der Waals surface area contributed by atoms with E-state index in [2.05, 4.69) is 48.0 Å². The van der Waals surface area contributed by atoms with Gasteiger partial charge in [-0.15, -0.1) is 11.8 Å². The second-order valence-corrected chi connectivity index (χ2v) is 12.5. The third-order valence-electron chi connectivity index (χ3n) is 8.88. The summed E-state index contributed by atoms with van der Waals surface area (Å²) < 4.78 is 0. The summed E-state index contributed by atoms with van der Waals surface area (Å²) in [6.07, 6.45) is 0.789. The van der Waals surface area contributed by atoms with E-state index in [-0.39, 0.29) is 45.6 Å². The molecule has 2 saturated carbocycles. The minimum Gasteiger partial charge on any atom is -0.480 e. The van der Waals surface area contributed by atoms with Gasteiger partial charge in [0, 0.05) is 34.8 Å². The van der Waals surface area contributed by atoms with E-state index < -0.39 is 23.8 Å². The van der Waals surface area contributed by atoms with E-state index >= 15 is 0 Å². The molecule has 2 aliphatic carbocycles. The smallest absolute Gasteiger partial charge is 0.326 e. The topological polar surface area (TPSA) is 111 Å². The highest BCUT2D eigenvalue weighted by Crippen LogP contribution is 2.68. The van der Waals surface area contributed by atoms with Crippen molar-refractivity contribution in [3.8, 4) is 0 Å². The second-order valence-electron chi connectivity index (χ2n) is 10.3. The van der Waals surface area contributed by atoms with E-state index in [4.69, 9.17) is 0 Å². The minimum atomic E-state index is -1.17. The van der Waals surface area contributed by atoms with Gasteiger partial charge in [0.25, 0.3) is 0 Å². The maximum Gasteiger partial charge on any atom is 0.326 e. The largest absolute Gasteiger partial charge is 0.480 e. The minimum absolute atomic E-state index is 0.00792. The number of fused-ring (bicyclic) bond motifs is 9. The number of carbonyl (C=O) groups excluding carboxylic acids is 2. The zero-order valence-corrected chi connectivity index (χ0v) is 22.0. The molecule has 3 heterocycles. The fourth-order valence-electron chi connectivity index (χ4n) is 7.39. The Morgan fingerprint density at radius 3 is 2.36 bits per heavy atom. The van der Waals surface area contributed by atoms with Crippen molar-refractivity contribution in [2.24, 2.45) is 29.6 Å². The van der Waals surface area contributed by atoms with Gasteiger partial charge < -0.3 is 15.0 Å². The van der Waals surface area contributed by atoms with Crippen LogP contribution in [0.25, 0.3) is 0 Å². The summed E-state index contributed by atoms with van der Waals surface area (Å²) in [7, 11) is 0. The molecule has 6 rings (SSSR count). The summed E-state index contributed by atoms with van der Waals surface area (Å²) in [6.45, 7) is 7.50. The number of nitrogens with zero attached hydrogens (tertiary/aromatic N) is 2. The Labute approximate surface area is 217 Å². The van der Waals surface area contributed by atoms with Crippen molar-refractivity contribution in [3.63, 3.8) is 0 Å². The lowest BCUT2D eigenvalue weighted by atomic mass is 9.68. The Morgan fingerprint density at radius 2 is 1.75 bits per heavy atom. The molecule has 1 aromatic carbocycles. The van der Waals surface area contributed by atoms with Crippen molar-refractivity contribution >= 4 is 46.6 Å². The number of imide groups is 1. The lowest BCUT2D eigenvalue weighted by Gasteiger charge is -2.43. The van der Waals surface area contributed by atoms with Gasteiger partial charge in [-0.2, -0.15) is 0 Å². The number of H-pyrrole nitrogens is 1. The summed E-state index contributed by atoms with van der Waals surface area (Å²) in [4.78, 5) is 58.1. The molecule has 2 N–H and O–H groups in total. The van der Waals surface area contributed by atoms with E-state index in [1.807, 2.05) is 0 Å². The molecule has 3 fully saturated rings. The van der Waals surface area contributed by atoms with Gasteiger partial charge in [0.05, 0.1) is 16.9 Å². The molecule has 4 aliphatic rings. The maximum atomic E-state index is 13.5. The number of carboxylic acid groups (broad SMARTS) is 1. The van der Waals surface area contributed by atoms with Gasteiger partial charge in [-0.25, -0.2) is 4.79 Å². The molecule has 2 bridgehead atoms. The normalized spacial score (nSPS) is 32.9. The van der Waals surface area contributed by atoms with E-state index in [0.29, 0.717) is 0 Å².